The van der Waals surface area contributed by atoms with E-state index in [1.54, 1.807) is 12.3 Å². The Bertz CT molecular complexity index is 518. The summed E-state index contributed by atoms with van der Waals surface area (Å²) in [5.41, 5.74) is 8.78. The number of nitrogens with two attached hydrogens (primary N) is 1. The van der Waals surface area contributed by atoms with E-state index in [1.165, 1.54) is 7.11 Å². The van der Waals surface area contributed by atoms with Crippen LogP contribution >= 0.6 is 0 Å². The fraction of sp³-hybridized carbons (Fsp3) is 0.0769. The number of rotatable bonds is 2. The highest BCUT2D eigenvalue weighted by molar-refractivity contribution is 5.85. The Morgan fingerprint density at radius 3 is 2.29 bits per heavy atom. The van der Waals surface area contributed by atoms with Gasteiger partial charge in [0.1, 0.15) is 0 Å². The van der Waals surface area contributed by atoms with Crippen LogP contribution in [-0.4, -0.2) is 13.1 Å². The fourth-order valence-corrected chi connectivity index (χ4v) is 1.52. The maximum absolute atomic E-state index is 11.2. The molecule has 0 saturated carbocycles. The first kappa shape index (κ1) is 11.1. The second-order valence-corrected chi connectivity index (χ2v) is 3.60. The molecule has 0 unspecified atom stereocenters. The molecule has 0 bridgehead atoms. The Hall–Kier alpha value is -2.36. The molecule has 0 aliphatic carbocycles. The predicted octanol–water partition coefficient (Wildman–Crippen LogP) is 1.54. The largest absolute Gasteiger partial charge is 0.461 e. The number of aromatic amines is 1. The average molecular weight is 229 g/mol. The van der Waals surface area contributed by atoms with Crippen LogP contribution in [0.15, 0.2) is 42.6 Å². The minimum Gasteiger partial charge on any atom is -0.461 e. The molecule has 1 aromatic carbocycles. The van der Waals surface area contributed by atoms with Crippen LogP contribution in [0, 0.1) is 0 Å². The zero-order valence-corrected chi connectivity index (χ0v) is 9.44. The summed E-state index contributed by atoms with van der Waals surface area (Å²) in [6.07, 6.45) is 1.76. The second kappa shape index (κ2) is 4.65. The van der Waals surface area contributed by atoms with Gasteiger partial charge in [0.2, 0.25) is 0 Å². The number of hydrogen-bond donors (Lipinski definition) is 1. The van der Waals surface area contributed by atoms with Gasteiger partial charge in [-0.3, -0.25) is 0 Å². The molecule has 2 aromatic rings. The van der Waals surface area contributed by atoms with Crippen LogP contribution in [-0.2, 0) is 4.74 Å². The first-order chi connectivity index (χ1) is 8.20. The van der Waals surface area contributed by atoms with Crippen LogP contribution in [0.1, 0.15) is 10.5 Å². The SMILES string of the molecule is COC(=O)c1ccc(-c2ccc(N)cc2)c[nH+]1. The highest BCUT2D eigenvalue weighted by Crippen LogP contribution is 2.18. The number of benzene rings is 1. The Labute approximate surface area is 99.1 Å². The van der Waals surface area contributed by atoms with E-state index in [9.17, 15) is 4.79 Å². The second-order valence-electron chi connectivity index (χ2n) is 3.60. The number of esters is 1. The van der Waals surface area contributed by atoms with Gasteiger partial charge in [0.25, 0.3) is 5.69 Å². The molecule has 0 aliphatic heterocycles. The van der Waals surface area contributed by atoms with Crippen molar-refractivity contribution in [3.63, 3.8) is 0 Å². The van der Waals surface area contributed by atoms with Crippen molar-refractivity contribution in [2.45, 2.75) is 0 Å². The molecule has 17 heavy (non-hydrogen) atoms. The van der Waals surface area contributed by atoms with Crippen LogP contribution in [0.2, 0.25) is 0 Å². The molecule has 1 heterocycles. The lowest BCUT2D eigenvalue weighted by atomic mass is 10.1. The van der Waals surface area contributed by atoms with Gasteiger partial charge < -0.3 is 10.5 Å². The van der Waals surface area contributed by atoms with Crippen LogP contribution in [0.3, 0.4) is 0 Å². The number of carbonyl (C=O) groups excluding carboxylic acids is 1. The maximum Gasteiger partial charge on any atom is 0.403 e. The molecule has 4 nitrogen and oxygen atoms in total. The molecule has 0 spiro atoms. The molecule has 0 aliphatic rings. The number of H-pyrrole nitrogens is 1. The van der Waals surface area contributed by atoms with Gasteiger partial charge in [0.15, 0.2) is 6.20 Å². The predicted molar refractivity (Wildman–Crippen MR) is 64.2 cm³/mol. The summed E-state index contributed by atoms with van der Waals surface area (Å²) in [6.45, 7) is 0. The van der Waals surface area contributed by atoms with Crippen LogP contribution < -0.4 is 10.7 Å². The van der Waals surface area contributed by atoms with E-state index in [4.69, 9.17) is 5.73 Å². The molecule has 86 valence electrons. The molecule has 0 radical (unpaired) electrons. The highest BCUT2D eigenvalue weighted by atomic mass is 16.5. The van der Waals surface area contributed by atoms with Gasteiger partial charge in [0.05, 0.1) is 7.11 Å². The summed E-state index contributed by atoms with van der Waals surface area (Å²) in [5, 5.41) is 0. The molecular weight excluding hydrogens is 216 g/mol. The van der Waals surface area contributed by atoms with Crippen molar-refractivity contribution in [1.29, 1.82) is 0 Å². The first-order valence-corrected chi connectivity index (χ1v) is 5.16. The van der Waals surface area contributed by atoms with Gasteiger partial charge in [-0.2, -0.15) is 0 Å². The highest BCUT2D eigenvalue weighted by Gasteiger charge is 2.13. The number of methoxy groups -OCH3 is 1. The minimum absolute atomic E-state index is 0.381. The number of pyridine rings is 1. The summed E-state index contributed by atoms with van der Waals surface area (Å²) in [7, 11) is 1.35. The van der Waals surface area contributed by atoms with Crippen molar-refractivity contribution in [2.24, 2.45) is 0 Å². The third kappa shape index (κ3) is 2.42. The number of aromatic nitrogens is 1. The number of carbonyl (C=O) groups is 1. The van der Waals surface area contributed by atoms with Crippen molar-refractivity contribution < 1.29 is 14.5 Å². The fourth-order valence-electron chi connectivity index (χ4n) is 1.52. The molecule has 2 rings (SSSR count). The molecule has 0 amide bonds. The lowest BCUT2D eigenvalue weighted by Gasteiger charge is -1.99. The van der Waals surface area contributed by atoms with Crippen LogP contribution in [0.4, 0.5) is 5.69 Å². The molecule has 0 fully saturated rings. The quantitative estimate of drug-likeness (QED) is 0.627. The normalized spacial score (nSPS) is 9.94. The van der Waals surface area contributed by atoms with Crippen molar-refractivity contribution in [3.05, 3.63) is 48.3 Å². The molecule has 0 saturated heterocycles. The van der Waals surface area contributed by atoms with Crippen molar-refractivity contribution in [1.82, 2.24) is 0 Å². The van der Waals surface area contributed by atoms with E-state index in [1.807, 2.05) is 30.3 Å². The Morgan fingerprint density at radius 1 is 1.12 bits per heavy atom. The van der Waals surface area contributed by atoms with Gasteiger partial charge in [-0.1, -0.05) is 12.1 Å². The van der Waals surface area contributed by atoms with E-state index in [0.717, 1.165) is 16.8 Å². The number of hydrogen-bond acceptors (Lipinski definition) is 3. The van der Waals surface area contributed by atoms with Crippen LogP contribution in [0.25, 0.3) is 11.1 Å². The van der Waals surface area contributed by atoms with Gasteiger partial charge in [-0.15, -0.1) is 0 Å². The molecule has 0 atom stereocenters. The van der Waals surface area contributed by atoms with Gasteiger partial charge in [-0.05, 0) is 23.8 Å². The summed E-state index contributed by atoms with van der Waals surface area (Å²) in [5.74, 6) is -0.381. The van der Waals surface area contributed by atoms with E-state index in [2.05, 4.69) is 9.72 Å². The standard InChI is InChI=1S/C13H12N2O2/c1-17-13(16)12-7-4-10(8-15-12)9-2-5-11(14)6-3-9/h2-8H,14H2,1H3/p+1. The smallest absolute Gasteiger partial charge is 0.403 e. The maximum atomic E-state index is 11.2. The summed E-state index contributed by atoms with van der Waals surface area (Å²) < 4.78 is 4.61. The lowest BCUT2D eigenvalue weighted by Crippen LogP contribution is -2.17. The topological polar surface area (TPSA) is 66.5 Å². The van der Waals surface area contributed by atoms with Crippen molar-refractivity contribution in [3.8, 4) is 11.1 Å². The van der Waals surface area contributed by atoms with Crippen molar-refractivity contribution >= 4 is 11.7 Å². The van der Waals surface area contributed by atoms with E-state index in [0.29, 0.717) is 5.69 Å². The van der Waals surface area contributed by atoms with Crippen molar-refractivity contribution in [2.75, 3.05) is 12.8 Å². The summed E-state index contributed by atoms with van der Waals surface area (Å²) in [6, 6.07) is 11.1. The van der Waals surface area contributed by atoms with E-state index in [-0.39, 0.29) is 5.97 Å². The number of anilines is 1. The molecule has 4 heteroatoms. The monoisotopic (exact) mass is 229 g/mol. The summed E-state index contributed by atoms with van der Waals surface area (Å²) in [4.78, 5) is 14.1. The third-order valence-corrected chi connectivity index (χ3v) is 2.46. The number of nitrogens with one attached hydrogen (secondary N) is 1. The number of nitrogen functional groups attached to an aromatic ring is 1. The van der Waals surface area contributed by atoms with E-state index < -0.39 is 0 Å². The van der Waals surface area contributed by atoms with Gasteiger partial charge >= 0.3 is 5.97 Å². The molecule has 1 aromatic heterocycles. The Kier molecular flexibility index (Phi) is 3.05. The summed E-state index contributed by atoms with van der Waals surface area (Å²) >= 11 is 0. The Morgan fingerprint density at radius 2 is 1.76 bits per heavy atom. The third-order valence-electron chi connectivity index (χ3n) is 2.46. The van der Waals surface area contributed by atoms with E-state index >= 15 is 0 Å². The average Bonchev–Trinajstić information content (AvgIpc) is 2.39. The molecular formula is C13H13N2O2+. The lowest BCUT2D eigenvalue weighted by molar-refractivity contribution is -0.382. The minimum atomic E-state index is -0.381. The Balaban J connectivity index is 2.29. The van der Waals surface area contributed by atoms with Gasteiger partial charge in [-0.25, -0.2) is 9.78 Å². The number of ether oxygens (including phenoxy) is 1. The van der Waals surface area contributed by atoms with Crippen LogP contribution in [0.5, 0.6) is 0 Å². The molecule has 3 N–H and O–H groups in total. The van der Waals surface area contributed by atoms with Gasteiger partial charge in [0, 0.05) is 17.3 Å². The zero-order valence-electron chi connectivity index (χ0n) is 9.44. The zero-order chi connectivity index (χ0) is 12.3. The first-order valence-electron chi connectivity index (χ1n) is 5.16.